The van der Waals surface area contributed by atoms with E-state index in [2.05, 4.69) is 35.8 Å². The monoisotopic (exact) mass is 251 g/mol. The molecule has 2 atom stereocenters. The highest BCUT2D eigenvalue weighted by atomic mass is 32.1. The standard InChI is InChI=1S/C14H21NOS/c1-2-6-13(14-8-5-10-17-14)15-11-12-7-3-4-9-16-12/h4-5,8-10,12-13,15H,2-3,6-7,11H2,1H3. The zero-order chi connectivity index (χ0) is 11.9. The van der Waals surface area contributed by atoms with Crippen LogP contribution in [-0.4, -0.2) is 12.6 Å². The average molecular weight is 251 g/mol. The maximum absolute atomic E-state index is 5.58. The molecule has 2 nitrogen and oxygen atoms in total. The minimum atomic E-state index is 0.347. The Bertz CT molecular complexity index is 334. The molecule has 1 aliphatic heterocycles. The third-order valence-electron chi connectivity index (χ3n) is 3.08. The maximum Gasteiger partial charge on any atom is 0.110 e. The van der Waals surface area contributed by atoms with Crippen molar-refractivity contribution in [3.05, 3.63) is 34.7 Å². The lowest BCUT2D eigenvalue weighted by atomic mass is 10.1. The molecule has 1 aliphatic rings. The van der Waals surface area contributed by atoms with E-state index in [1.54, 1.807) is 0 Å². The SMILES string of the molecule is CCCC(NCC1CCC=CO1)c1cccs1. The zero-order valence-corrected chi connectivity index (χ0v) is 11.2. The quantitative estimate of drug-likeness (QED) is 0.828. The molecule has 2 rings (SSSR count). The van der Waals surface area contributed by atoms with Crippen LogP contribution in [0.4, 0.5) is 0 Å². The first-order chi connectivity index (χ1) is 8.40. The predicted molar refractivity (Wildman–Crippen MR) is 73.2 cm³/mol. The van der Waals surface area contributed by atoms with Gasteiger partial charge < -0.3 is 10.1 Å². The molecule has 2 heterocycles. The van der Waals surface area contributed by atoms with Gasteiger partial charge in [-0.1, -0.05) is 19.4 Å². The van der Waals surface area contributed by atoms with Gasteiger partial charge in [0.05, 0.1) is 6.26 Å². The van der Waals surface area contributed by atoms with E-state index in [-0.39, 0.29) is 0 Å². The number of thiophene rings is 1. The Morgan fingerprint density at radius 1 is 1.59 bits per heavy atom. The van der Waals surface area contributed by atoms with Gasteiger partial charge in [0.2, 0.25) is 0 Å². The van der Waals surface area contributed by atoms with E-state index < -0.39 is 0 Å². The van der Waals surface area contributed by atoms with E-state index in [9.17, 15) is 0 Å². The second-order valence-electron chi connectivity index (χ2n) is 4.47. The number of hydrogen-bond acceptors (Lipinski definition) is 3. The van der Waals surface area contributed by atoms with E-state index in [1.807, 2.05) is 17.6 Å². The minimum Gasteiger partial charge on any atom is -0.497 e. The van der Waals surface area contributed by atoms with Crippen molar-refractivity contribution in [1.82, 2.24) is 5.32 Å². The van der Waals surface area contributed by atoms with Crippen LogP contribution in [0.1, 0.15) is 43.5 Å². The Morgan fingerprint density at radius 2 is 2.53 bits per heavy atom. The summed E-state index contributed by atoms with van der Waals surface area (Å²) in [5.74, 6) is 0. The van der Waals surface area contributed by atoms with Crippen LogP contribution >= 0.6 is 11.3 Å². The number of hydrogen-bond donors (Lipinski definition) is 1. The fourth-order valence-corrected chi connectivity index (χ4v) is 2.97. The van der Waals surface area contributed by atoms with Crippen LogP contribution in [0.2, 0.25) is 0 Å². The number of ether oxygens (including phenoxy) is 1. The van der Waals surface area contributed by atoms with Crippen LogP contribution in [0.5, 0.6) is 0 Å². The first-order valence-electron chi connectivity index (χ1n) is 6.47. The van der Waals surface area contributed by atoms with Gasteiger partial charge in [0.15, 0.2) is 0 Å². The Hall–Kier alpha value is -0.800. The summed E-state index contributed by atoms with van der Waals surface area (Å²) >= 11 is 1.84. The molecule has 0 saturated carbocycles. The van der Waals surface area contributed by atoms with Gasteiger partial charge in [0, 0.05) is 17.5 Å². The highest BCUT2D eigenvalue weighted by Crippen LogP contribution is 2.23. The molecule has 3 heteroatoms. The second-order valence-corrected chi connectivity index (χ2v) is 5.45. The summed E-state index contributed by atoms with van der Waals surface area (Å²) in [6, 6.07) is 4.85. The van der Waals surface area contributed by atoms with Gasteiger partial charge in [-0.05, 0) is 36.8 Å². The third-order valence-corrected chi connectivity index (χ3v) is 4.06. The molecule has 0 saturated heterocycles. The fraction of sp³-hybridized carbons (Fsp3) is 0.571. The van der Waals surface area contributed by atoms with Crippen LogP contribution in [-0.2, 0) is 4.74 Å². The van der Waals surface area contributed by atoms with E-state index >= 15 is 0 Å². The molecule has 0 radical (unpaired) electrons. The normalized spacial score (nSPS) is 21.1. The summed E-state index contributed by atoms with van der Waals surface area (Å²) in [6.07, 6.45) is 8.97. The molecule has 1 aromatic heterocycles. The second kappa shape index (κ2) is 6.82. The average Bonchev–Trinajstić information content (AvgIpc) is 2.89. The lowest BCUT2D eigenvalue weighted by Gasteiger charge is -2.23. The number of allylic oxidation sites excluding steroid dienone is 1. The predicted octanol–water partition coefficient (Wildman–Crippen LogP) is 3.87. The molecule has 0 amide bonds. The lowest BCUT2D eigenvalue weighted by Crippen LogP contribution is -2.31. The van der Waals surface area contributed by atoms with Crippen molar-refractivity contribution in [2.75, 3.05) is 6.54 Å². The molecule has 0 aliphatic carbocycles. The summed E-state index contributed by atoms with van der Waals surface area (Å²) in [4.78, 5) is 1.44. The largest absolute Gasteiger partial charge is 0.497 e. The van der Waals surface area contributed by atoms with E-state index in [1.165, 1.54) is 17.7 Å². The molecule has 17 heavy (non-hydrogen) atoms. The van der Waals surface area contributed by atoms with Crippen molar-refractivity contribution in [2.45, 2.75) is 44.8 Å². The zero-order valence-electron chi connectivity index (χ0n) is 10.4. The molecule has 0 fully saturated rings. The molecule has 0 aromatic carbocycles. The molecule has 1 aromatic rings. The van der Waals surface area contributed by atoms with Crippen LogP contribution in [0.25, 0.3) is 0 Å². The topological polar surface area (TPSA) is 21.3 Å². The van der Waals surface area contributed by atoms with Gasteiger partial charge in [-0.2, -0.15) is 0 Å². The molecule has 0 bridgehead atoms. The van der Waals surface area contributed by atoms with Gasteiger partial charge >= 0.3 is 0 Å². The summed E-state index contributed by atoms with van der Waals surface area (Å²) in [5, 5.41) is 5.80. The van der Waals surface area contributed by atoms with E-state index in [4.69, 9.17) is 4.74 Å². The Balaban J connectivity index is 1.83. The smallest absolute Gasteiger partial charge is 0.110 e. The van der Waals surface area contributed by atoms with E-state index in [0.717, 1.165) is 19.4 Å². The molecule has 1 N–H and O–H groups in total. The van der Waals surface area contributed by atoms with Gasteiger partial charge in [0.25, 0.3) is 0 Å². The number of nitrogens with one attached hydrogen (secondary N) is 1. The lowest BCUT2D eigenvalue weighted by molar-refractivity contribution is 0.119. The first-order valence-corrected chi connectivity index (χ1v) is 7.35. The highest BCUT2D eigenvalue weighted by Gasteiger charge is 2.15. The Labute approximate surface area is 108 Å². The molecule has 0 spiro atoms. The summed E-state index contributed by atoms with van der Waals surface area (Å²) < 4.78 is 5.58. The van der Waals surface area contributed by atoms with Crippen molar-refractivity contribution in [1.29, 1.82) is 0 Å². The van der Waals surface area contributed by atoms with Gasteiger partial charge in [-0.3, -0.25) is 0 Å². The van der Waals surface area contributed by atoms with Crippen LogP contribution in [0, 0.1) is 0 Å². The van der Waals surface area contributed by atoms with E-state index in [0.29, 0.717) is 12.1 Å². The molecular formula is C14H21NOS. The van der Waals surface area contributed by atoms with Crippen molar-refractivity contribution in [3.8, 4) is 0 Å². The Morgan fingerprint density at radius 3 is 3.18 bits per heavy atom. The highest BCUT2D eigenvalue weighted by molar-refractivity contribution is 7.10. The van der Waals surface area contributed by atoms with Crippen LogP contribution < -0.4 is 5.32 Å². The number of rotatable bonds is 6. The fourth-order valence-electron chi connectivity index (χ4n) is 2.13. The summed E-state index contributed by atoms with van der Waals surface area (Å²) in [7, 11) is 0. The van der Waals surface area contributed by atoms with Crippen molar-refractivity contribution < 1.29 is 4.74 Å². The van der Waals surface area contributed by atoms with Crippen molar-refractivity contribution in [2.24, 2.45) is 0 Å². The van der Waals surface area contributed by atoms with Crippen LogP contribution in [0.15, 0.2) is 29.9 Å². The van der Waals surface area contributed by atoms with Crippen LogP contribution in [0.3, 0.4) is 0 Å². The minimum absolute atomic E-state index is 0.347. The molecular weight excluding hydrogens is 230 g/mol. The molecule has 2 unspecified atom stereocenters. The maximum atomic E-state index is 5.58. The molecule has 94 valence electrons. The van der Waals surface area contributed by atoms with Gasteiger partial charge in [-0.15, -0.1) is 11.3 Å². The third kappa shape index (κ3) is 3.86. The Kier molecular flexibility index (Phi) is 5.08. The van der Waals surface area contributed by atoms with Crippen molar-refractivity contribution >= 4 is 11.3 Å². The van der Waals surface area contributed by atoms with Crippen molar-refractivity contribution in [3.63, 3.8) is 0 Å². The van der Waals surface area contributed by atoms with Gasteiger partial charge in [-0.25, -0.2) is 0 Å². The van der Waals surface area contributed by atoms with Gasteiger partial charge in [0.1, 0.15) is 6.10 Å². The first kappa shape index (κ1) is 12.7. The summed E-state index contributed by atoms with van der Waals surface area (Å²) in [6.45, 7) is 3.19. The summed E-state index contributed by atoms with van der Waals surface area (Å²) in [5.41, 5.74) is 0.